The number of nitrogens with zero attached hydrogens (tertiary/aromatic N) is 2. The van der Waals surface area contributed by atoms with Gasteiger partial charge in [0.15, 0.2) is 11.6 Å². The molecule has 6 nitrogen and oxygen atoms in total. The predicted octanol–water partition coefficient (Wildman–Crippen LogP) is 4.13. The lowest BCUT2D eigenvalue weighted by Crippen LogP contribution is -2.47. The fraction of sp³-hybridized carbons (Fsp3) is 0.333. The van der Waals surface area contributed by atoms with Crippen molar-refractivity contribution in [2.24, 2.45) is 4.99 Å². The number of carbonyl (C=O) groups is 1. The smallest absolute Gasteiger partial charge is 0.254 e. The molecular weight excluding hydrogens is 460 g/mol. The Kier molecular flexibility index (Phi) is 7.51. The van der Waals surface area contributed by atoms with E-state index in [0.29, 0.717) is 31.1 Å². The number of likely N-dealkylation sites (N-methyl/N-ethyl adjacent to an activating group) is 1. The van der Waals surface area contributed by atoms with Crippen molar-refractivity contribution in [3.63, 3.8) is 0 Å². The molecule has 0 radical (unpaired) electrons. The SMILES string of the molecule is C=CC[C@@]1(C(=O)N(C)C)N=C(c2ccc(OCCCO)cc2)O[C@@H]1c1ccccc1Br. The zero-order valence-electron chi connectivity index (χ0n) is 17.8. The molecule has 2 aromatic rings. The van der Waals surface area contributed by atoms with Crippen LogP contribution in [-0.4, -0.2) is 54.7 Å². The molecule has 2 atom stereocenters. The quantitative estimate of drug-likeness (QED) is 0.427. The summed E-state index contributed by atoms with van der Waals surface area (Å²) < 4.78 is 12.8. The van der Waals surface area contributed by atoms with E-state index < -0.39 is 11.6 Å². The van der Waals surface area contributed by atoms with Crippen molar-refractivity contribution >= 4 is 27.7 Å². The van der Waals surface area contributed by atoms with Crippen molar-refractivity contribution in [3.8, 4) is 5.75 Å². The number of aliphatic imine (C=N–C) groups is 1. The van der Waals surface area contributed by atoms with Crippen molar-refractivity contribution in [3.05, 3.63) is 76.8 Å². The van der Waals surface area contributed by atoms with E-state index in [1.54, 1.807) is 25.1 Å². The van der Waals surface area contributed by atoms with Gasteiger partial charge in [-0.25, -0.2) is 4.99 Å². The molecule has 0 fully saturated rings. The van der Waals surface area contributed by atoms with Gasteiger partial charge in [-0.05, 0) is 30.3 Å². The number of benzene rings is 2. The van der Waals surface area contributed by atoms with Gasteiger partial charge >= 0.3 is 0 Å². The van der Waals surface area contributed by atoms with E-state index in [9.17, 15) is 4.79 Å². The van der Waals surface area contributed by atoms with Crippen molar-refractivity contribution < 1.29 is 19.4 Å². The lowest BCUT2D eigenvalue weighted by Gasteiger charge is -2.32. The normalized spacial score (nSPS) is 20.0. The molecule has 0 saturated heterocycles. The van der Waals surface area contributed by atoms with E-state index in [1.165, 1.54) is 0 Å². The lowest BCUT2D eigenvalue weighted by molar-refractivity contribution is -0.137. The van der Waals surface area contributed by atoms with E-state index in [1.807, 2.05) is 48.5 Å². The molecule has 2 aromatic carbocycles. The molecule has 0 saturated carbocycles. The number of aliphatic hydroxyl groups is 1. The van der Waals surface area contributed by atoms with Crippen molar-refractivity contribution in [1.29, 1.82) is 0 Å². The van der Waals surface area contributed by atoms with Crippen LogP contribution in [0.25, 0.3) is 0 Å². The number of aliphatic hydroxyl groups excluding tert-OH is 1. The number of rotatable bonds is 9. The minimum atomic E-state index is -1.15. The first-order chi connectivity index (χ1) is 14.9. The molecule has 1 amide bonds. The molecule has 1 N–H and O–H groups in total. The Morgan fingerprint density at radius 2 is 2.00 bits per heavy atom. The van der Waals surface area contributed by atoms with Crippen molar-refractivity contribution in [1.82, 2.24) is 4.90 Å². The molecule has 3 rings (SSSR count). The van der Waals surface area contributed by atoms with Gasteiger partial charge in [0.1, 0.15) is 5.75 Å². The van der Waals surface area contributed by atoms with Gasteiger partial charge in [0, 0.05) is 49.1 Å². The highest BCUT2D eigenvalue weighted by molar-refractivity contribution is 9.10. The zero-order chi connectivity index (χ0) is 22.4. The Morgan fingerprint density at radius 3 is 2.61 bits per heavy atom. The van der Waals surface area contributed by atoms with Gasteiger partial charge in [-0.15, -0.1) is 6.58 Å². The van der Waals surface area contributed by atoms with Gasteiger partial charge in [0.25, 0.3) is 5.91 Å². The standard InChI is InChI=1S/C24H27BrN2O4/c1-4-14-24(23(29)27(2)3)21(19-8-5-6-9-20(19)25)31-22(26-24)17-10-12-18(13-11-17)30-16-7-15-28/h4-6,8-13,21,28H,1,7,14-16H2,2-3H3/t21-,24-/m1/s1. The van der Waals surface area contributed by atoms with Crippen LogP contribution in [0.2, 0.25) is 0 Å². The molecule has 0 aliphatic carbocycles. The highest BCUT2D eigenvalue weighted by Gasteiger charge is 2.53. The Labute approximate surface area is 191 Å². The van der Waals surface area contributed by atoms with E-state index in [-0.39, 0.29) is 12.5 Å². The first-order valence-corrected chi connectivity index (χ1v) is 10.9. The number of ether oxygens (including phenoxy) is 2. The highest BCUT2D eigenvalue weighted by Crippen LogP contribution is 2.45. The van der Waals surface area contributed by atoms with Crippen molar-refractivity contribution in [2.75, 3.05) is 27.3 Å². The fourth-order valence-corrected chi connectivity index (χ4v) is 4.06. The summed E-state index contributed by atoms with van der Waals surface area (Å²) in [5.74, 6) is 0.951. The summed E-state index contributed by atoms with van der Waals surface area (Å²) in [6.45, 7) is 4.39. The first-order valence-electron chi connectivity index (χ1n) is 10.1. The summed E-state index contributed by atoms with van der Waals surface area (Å²) in [4.78, 5) is 19.7. The monoisotopic (exact) mass is 486 g/mol. The molecule has 0 unspecified atom stereocenters. The summed E-state index contributed by atoms with van der Waals surface area (Å²) in [5.41, 5.74) is 0.451. The van der Waals surface area contributed by atoms with Gasteiger partial charge in [0.2, 0.25) is 5.90 Å². The molecule has 31 heavy (non-hydrogen) atoms. The Morgan fingerprint density at radius 1 is 1.29 bits per heavy atom. The van der Waals surface area contributed by atoms with E-state index in [4.69, 9.17) is 19.6 Å². The first kappa shape index (κ1) is 23.0. The molecule has 0 spiro atoms. The Balaban J connectivity index is 2.01. The second-order valence-electron chi connectivity index (χ2n) is 7.50. The van der Waals surface area contributed by atoms with Gasteiger partial charge in [-0.1, -0.05) is 40.2 Å². The zero-order valence-corrected chi connectivity index (χ0v) is 19.3. The van der Waals surface area contributed by atoms with E-state index in [0.717, 1.165) is 15.6 Å². The molecular formula is C24H27BrN2O4. The van der Waals surface area contributed by atoms with Crippen LogP contribution < -0.4 is 4.74 Å². The van der Waals surface area contributed by atoms with Crippen LogP contribution in [0, 0.1) is 0 Å². The summed E-state index contributed by atoms with van der Waals surface area (Å²) in [6.07, 6.45) is 2.01. The number of hydrogen-bond acceptors (Lipinski definition) is 5. The summed E-state index contributed by atoms with van der Waals surface area (Å²) in [6, 6.07) is 15.1. The minimum Gasteiger partial charge on any atom is -0.494 e. The number of hydrogen-bond donors (Lipinski definition) is 1. The molecule has 0 bridgehead atoms. The van der Waals surface area contributed by atoms with Crippen LogP contribution in [0.4, 0.5) is 0 Å². The average molecular weight is 487 g/mol. The van der Waals surface area contributed by atoms with Crippen LogP contribution >= 0.6 is 15.9 Å². The molecule has 1 aliphatic rings. The molecule has 0 aromatic heterocycles. The van der Waals surface area contributed by atoms with Crippen LogP contribution in [0.15, 0.2) is 70.7 Å². The third-order valence-electron chi connectivity index (χ3n) is 5.06. The van der Waals surface area contributed by atoms with Crippen LogP contribution in [0.1, 0.15) is 30.1 Å². The molecule has 1 heterocycles. The summed E-state index contributed by atoms with van der Waals surface area (Å²) in [7, 11) is 3.44. The number of amides is 1. The topological polar surface area (TPSA) is 71.4 Å². The summed E-state index contributed by atoms with van der Waals surface area (Å²) >= 11 is 3.59. The Bertz CT molecular complexity index is 958. The van der Waals surface area contributed by atoms with E-state index >= 15 is 0 Å². The Hall–Kier alpha value is -2.64. The van der Waals surface area contributed by atoms with Crippen molar-refractivity contribution in [2.45, 2.75) is 24.5 Å². The lowest BCUT2D eigenvalue weighted by atomic mass is 9.84. The predicted molar refractivity (Wildman–Crippen MR) is 124 cm³/mol. The maximum atomic E-state index is 13.4. The van der Waals surface area contributed by atoms with Gasteiger partial charge in [-0.2, -0.15) is 0 Å². The number of halogens is 1. The molecule has 1 aliphatic heterocycles. The van der Waals surface area contributed by atoms with Gasteiger partial charge < -0.3 is 19.5 Å². The summed E-state index contributed by atoms with van der Waals surface area (Å²) in [5, 5.41) is 8.89. The third-order valence-corrected chi connectivity index (χ3v) is 5.78. The van der Waals surface area contributed by atoms with Crippen LogP contribution in [-0.2, 0) is 9.53 Å². The van der Waals surface area contributed by atoms with Gasteiger partial charge in [-0.3, -0.25) is 4.79 Å². The molecule has 164 valence electrons. The highest BCUT2D eigenvalue weighted by atomic mass is 79.9. The largest absolute Gasteiger partial charge is 0.494 e. The fourth-order valence-electron chi connectivity index (χ4n) is 3.57. The third kappa shape index (κ3) is 4.83. The second-order valence-corrected chi connectivity index (χ2v) is 8.36. The maximum Gasteiger partial charge on any atom is 0.254 e. The van der Waals surface area contributed by atoms with E-state index in [2.05, 4.69) is 22.5 Å². The maximum absolute atomic E-state index is 13.4. The minimum absolute atomic E-state index is 0.0878. The number of carbonyl (C=O) groups excluding carboxylic acids is 1. The average Bonchev–Trinajstić information content (AvgIpc) is 3.14. The van der Waals surface area contributed by atoms with Gasteiger partial charge in [0.05, 0.1) is 6.61 Å². The molecule has 7 heteroatoms. The van der Waals surface area contributed by atoms with Crippen LogP contribution in [0.5, 0.6) is 5.75 Å². The second kappa shape index (κ2) is 10.1. The van der Waals surface area contributed by atoms with Crippen LogP contribution in [0.3, 0.4) is 0 Å².